The molecular formula is C27H23ClN6O2. The van der Waals surface area contributed by atoms with Gasteiger partial charge in [0.1, 0.15) is 5.69 Å². The molecule has 1 atom stereocenters. The average Bonchev–Trinajstić information content (AvgIpc) is 3.46. The summed E-state index contributed by atoms with van der Waals surface area (Å²) in [7, 11) is 0. The topological polar surface area (TPSA) is 84.4 Å². The maximum Gasteiger partial charge on any atom is 0.243 e. The molecule has 1 aromatic heterocycles. The Kier molecular flexibility index (Phi) is 6.35. The van der Waals surface area contributed by atoms with E-state index >= 15 is 0 Å². The van der Waals surface area contributed by atoms with E-state index < -0.39 is 6.23 Å². The van der Waals surface area contributed by atoms with Gasteiger partial charge in [0.25, 0.3) is 0 Å². The van der Waals surface area contributed by atoms with E-state index in [0.717, 1.165) is 33.9 Å². The van der Waals surface area contributed by atoms with Crippen LogP contribution in [-0.4, -0.2) is 26.6 Å². The van der Waals surface area contributed by atoms with Crippen molar-refractivity contribution in [2.75, 3.05) is 0 Å². The van der Waals surface area contributed by atoms with E-state index in [1.807, 2.05) is 85.3 Å². The summed E-state index contributed by atoms with van der Waals surface area (Å²) >= 11 is 6.00. The van der Waals surface area contributed by atoms with E-state index in [2.05, 4.69) is 20.4 Å². The molecule has 2 heterocycles. The molecule has 0 saturated heterocycles. The molecule has 9 heteroatoms. The third kappa shape index (κ3) is 4.63. The molecule has 3 aromatic carbocycles. The van der Waals surface area contributed by atoms with E-state index in [-0.39, 0.29) is 5.91 Å². The van der Waals surface area contributed by atoms with Gasteiger partial charge in [0.05, 0.1) is 22.8 Å². The number of halogens is 1. The third-order valence-corrected chi connectivity index (χ3v) is 6.01. The summed E-state index contributed by atoms with van der Waals surface area (Å²) in [5.41, 5.74) is 5.57. The van der Waals surface area contributed by atoms with Crippen molar-refractivity contribution >= 4 is 34.8 Å². The molecule has 180 valence electrons. The van der Waals surface area contributed by atoms with Crippen LogP contribution in [0, 0.1) is 13.8 Å². The van der Waals surface area contributed by atoms with Gasteiger partial charge in [-0.2, -0.15) is 15.2 Å². The van der Waals surface area contributed by atoms with Crippen LogP contribution in [0.1, 0.15) is 35.7 Å². The van der Waals surface area contributed by atoms with Gasteiger partial charge in [-0.15, -0.1) is 10.2 Å². The zero-order chi connectivity index (χ0) is 25.2. The van der Waals surface area contributed by atoms with E-state index in [1.54, 1.807) is 12.1 Å². The van der Waals surface area contributed by atoms with Crippen LogP contribution in [-0.2, 0) is 9.53 Å². The maximum absolute atomic E-state index is 12.2. The molecule has 0 radical (unpaired) electrons. The number of hydrogen-bond donors (Lipinski definition) is 0. The van der Waals surface area contributed by atoms with Crippen molar-refractivity contribution in [3.05, 3.63) is 106 Å². The quantitative estimate of drug-likeness (QED) is 0.284. The van der Waals surface area contributed by atoms with Crippen LogP contribution < -0.4 is 0 Å². The number of hydrazone groups is 1. The smallest absolute Gasteiger partial charge is 0.243 e. The number of aromatic nitrogens is 2. The summed E-state index contributed by atoms with van der Waals surface area (Å²) < 4.78 is 7.90. The zero-order valence-corrected chi connectivity index (χ0v) is 20.7. The first-order valence-electron chi connectivity index (χ1n) is 11.3. The Bertz CT molecular complexity index is 1460. The van der Waals surface area contributed by atoms with Crippen molar-refractivity contribution in [1.29, 1.82) is 0 Å². The molecule has 0 spiro atoms. The first-order valence-corrected chi connectivity index (χ1v) is 11.7. The molecule has 8 nitrogen and oxygen atoms in total. The van der Waals surface area contributed by atoms with Crippen molar-refractivity contribution in [3.63, 3.8) is 0 Å². The van der Waals surface area contributed by atoms with Crippen LogP contribution in [0.15, 0.2) is 94.2 Å². The molecule has 0 bridgehead atoms. The average molecular weight is 499 g/mol. The number of amides is 1. The minimum atomic E-state index is -0.652. The van der Waals surface area contributed by atoms with Crippen molar-refractivity contribution in [2.45, 2.75) is 27.0 Å². The lowest BCUT2D eigenvalue weighted by atomic mass is 10.2. The predicted octanol–water partition coefficient (Wildman–Crippen LogP) is 6.80. The number of aryl methyl sites for hydroxylation is 1. The predicted molar refractivity (Wildman–Crippen MR) is 138 cm³/mol. The highest BCUT2D eigenvalue weighted by Gasteiger charge is 2.33. The number of carbonyl (C=O) groups excluding carboxylic acids is 1. The highest BCUT2D eigenvalue weighted by Crippen LogP contribution is 2.32. The standard InChI is InChI=1S/C27H23ClN6O2/c1-17-25(18(2)33(31-17)24-7-5-4-6-8-24)30-29-23-15-11-20(12-16-23)26-32-34(19(3)35)27(36-26)21-9-13-22(28)14-10-21/h4-16,27H,1-3H3. The van der Waals surface area contributed by atoms with Gasteiger partial charge in [0.2, 0.25) is 18.0 Å². The number of nitrogens with zero attached hydrogens (tertiary/aromatic N) is 6. The second kappa shape index (κ2) is 9.75. The molecular weight excluding hydrogens is 476 g/mol. The molecule has 0 fully saturated rings. The van der Waals surface area contributed by atoms with Gasteiger partial charge in [-0.25, -0.2) is 4.68 Å². The van der Waals surface area contributed by atoms with Crippen LogP contribution in [0.5, 0.6) is 0 Å². The number of rotatable bonds is 5. The van der Waals surface area contributed by atoms with Crippen LogP contribution in [0.3, 0.4) is 0 Å². The molecule has 0 saturated carbocycles. The number of benzene rings is 3. The Morgan fingerprint density at radius 2 is 1.64 bits per heavy atom. The number of azo groups is 1. The number of hydrogen-bond acceptors (Lipinski definition) is 6. The summed E-state index contributed by atoms with van der Waals surface area (Å²) in [4.78, 5) is 12.2. The van der Waals surface area contributed by atoms with Gasteiger partial charge < -0.3 is 4.74 Å². The van der Waals surface area contributed by atoms with Crippen molar-refractivity contribution in [1.82, 2.24) is 14.8 Å². The lowest BCUT2D eigenvalue weighted by molar-refractivity contribution is -0.135. The number of carbonyl (C=O) groups is 1. The second-order valence-corrected chi connectivity index (χ2v) is 8.74. The number of ether oxygens (including phenoxy) is 1. The van der Waals surface area contributed by atoms with E-state index in [1.165, 1.54) is 11.9 Å². The lowest BCUT2D eigenvalue weighted by Gasteiger charge is -2.19. The highest BCUT2D eigenvalue weighted by atomic mass is 35.5. The van der Waals surface area contributed by atoms with Crippen LogP contribution >= 0.6 is 11.6 Å². The fourth-order valence-corrected chi connectivity index (χ4v) is 4.03. The Morgan fingerprint density at radius 1 is 0.944 bits per heavy atom. The first kappa shape index (κ1) is 23.4. The third-order valence-electron chi connectivity index (χ3n) is 5.76. The van der Waals surface area contributed by atoms with Gasteiger partial charge in [-0.3, -0.25) is 4.79 Å². The molecule has 1 unspecified atom stereocenters. The van der Waals surface area contributed by atoms with Crippen molar-refractivity contribution in [3.8, 4) is 5.69 Å². The van der Waals surface area contributed by atoms with E-state index in [9.17, 15) is 4.79 Å². The van der Waals surface area contributed by atoms with Gasteiger partial charge in [0.15, 0.2) is 0 Å². The van der Waals surface area contributed by atoms with Crippen LogP contribution in [0.25, 0.3) is 5.69 Å². The molecule has 36 heavy (non-hydrogen) atoms. The minimum absolute atomic E-state index is 0.225. The molecule has 0 N–H and O–H groups in total. The molecule has 1 aliphatic rings. The Hall–Kier alpha value is -4.30. The van der Waals surface area contributed by atoms with Crippen molar-refractivity contribution < 1.29 is 9.53 Å². The summed E-state index contributed by atoms with van der Waals surface area (Å²) in [5.74, 6) is 0.127. The van der Waals surface area contributed by atoms with Crippen LogP contribution in [0.2, 0.25) is 5.02 Å². The summed E-state index contributed by atoms with van der Waals surface area (Å²) in [5, 5.41) is 19.8. The second-order valence-electron chi connectivity index (χ2n) is 8.30. The fourth-order valence-electron chi connectivity index (χ4n) is 3.91. The Morgan fingerprint density at radius 3 is 2.31 bits per heavy atom. The largest absolute Gasteiger partial charge is 0.446 e. The summed E-state index contributed by atoms with van der Waals surface area (Å²) in [6.45, 7) is 5.33. The van der Waals surface area contributed by atoms with Gasteiger partial charge in [-0.1, -0.05) is 41.9 Å². The van der Waals surface area contributed by atoms with Crippen molar-refractivity contribution in [2.24, 2.45) is 15.3 Å². The molecule has 5 rings (SSSR count). The summed E-state index contributed by atoms with van der Waals surface area (Å²) in [6, 6.07) is 24.4. The highest BCUT2D eigenvalue weighted by molar-refractivity contribution is 6.30. The first-order chi connectivity index (χ1) is 17.4. The van der Waals surface area contributed by atoms with Gasteiger partial charge in [-0.05, 0) is 62.4 Å². The van der Waals surface area contributed by atoms with E-state index in [4.69, 9.17) is 16.3 Å². The molecule has 4 aromatic rings. The minimum Gasteiger partial charge on any atom is -0.446 e. The molecule has 1 amide bonds. The zero-order valence-electron chi connectivity index (χ0n) is 20.0. The van der Waals surface area contributed by atoms with Gasteiger partial charge in [0, 0.05) is 23.1 Å². The number of para-hydroxylation sites is 1. The lowest BCUT2D eigenvalue weighted by Crippen LogP contribution is -2.25. The maximum atomic E-state index is 12.2. The van der Waals surface area contributed by atoms with E-state index in [0.29, 0.717) is 16.6 Å². The van der Waals surface area contributed by atoms with Crippen LogP contribution in [0.4, 0.5) is 11.4 Å². The molecule has 0 aliphatic carbocycles. The van der Waals surface area contributed by atoms with Gasteiger partial charge >= 0.3 is 0 Å². The summed E-state index contributed by atoms with van der Waals surface area (Å²) in [6.07, 6.45) is -0.652. The monoisotopic (exact) mass is 498 g/mol. The SMILES string of the molecule is CC(=O)N1N=C(c2ccc(N=Nc3c(C)nn(-c4ccccc4)c3C)cc2)OC1c1ccc(Cl)cc1. The Labute approximate surface area is 213 Å². The molecule has 1 aliphatic heterocycles. The fraction of sp³-hybridized carbons (Fsp3) is 0.148. The normalized spacial score (nSPS) is 15.3. The Balaban J connectivity index is 1.35.